The molecule has 0 saturated heterocycles. The molecule has 0 unspecified atom stereocenters. The van der Waals surface area contributed by atoms with Crippen LogP contribution < -0.4 is 5.32 Å². The maximum absolute atomic E-state index is 3.64. The molecule has 16 heavy (non-hydrogen) atoms. The molecule has 1 N–H and O–H groups in total. The molecule has 1 fully saturated rings. The van der Waals surface area contributed by atoms with Gasteiger partial charge in [-0.2, -0.15) is 0 Å². The zero-order chi connectivity index (χ0) is 11.3. The van der Waals surface area contributed by atoms with Crippen LogP contribution in [0.15, 0.2) is 17.5 Å². The SMILES string of the molecule is CCCNCC1(c2cccs2)CCCCC1. The zero-order valence-corrected chi connectivity index (χ0v) is 11.1. The van der Waals surface area contributed by atoms with Crippen molar-refractivity contribution < 1.29 is 0 Å². The van der Waals surface area contributed by atoms with Crippen LogP contribution in [0, 0.1) is 0 Å². The minimum atomic E-state index is 0.460. The van der Waals surface area contributed by atoms with Crippen molar-refractivity contribution in [3.8, 4) is 0 Å². The first-order valence-corrected chi connectivity index (χ1v) is 7.50. The van der Waals surface area contributed by atoms with E-state index in [1.54, 1.807) is 4.88 Å². The van der Waals surface area contributed by atoms with E-state index in [-0.39, 0.29) is 0 Å². The van der Waals surface area contributed by atoms with Crippen molar-refractivity contribution in [2.75, 3.05) is 13.1 Å². The van der Waals surface area contributed by atoms with Crippen LogP contribution in [0.3, 0.4) is 0 Å². The quantitative estimate of drug-likeness (QED) is 0.765. The summed E-state index contributed by atoms with van der Waals surface area (Å²) in [4.78, 5) is 1.61. The van der Waals surface area contributed by atoms with E-state index in [2.05, 4.69) is 29.8 Å². The van der Waals surface area contributed by atoms with E-state index in [1.807, 2.05) is 11.3 Å². The first-order valence-electron chi connectivity index (χ1n) is 6.62. The van der Waals surface area contributed by atoms with Gasteiger partial charge >= 0.3 is 0 Å². The molecular formula is C14H23NS. The zero-order valence-electron chi connectivity index (χ0n) is 10.3. The van der Waals surface area contributed by atoms with Gasteiger partial charge in [-0.1, -0.05) is 32.3 Å². The van der Waals surface area contributed by atoms with Crippen LogP contribution in [0.2, 0.25) is 0 Å². The van der Waals surface area contributed by atoms with Gasteiger partial charge in [0.25, 0.3) is 0 Å². The van der Waals surface area contributed by atoms with Gasteiger partial charge in [-0.25, -0.2) is 0 Å². The van der Waals surface area contributed by atoms with Crippen molar-refractivity contribution >= 4 is 11.3 Å². The van der Waals surface area contributed by atoms with E-state index in [4.69, 9.17) is 0 Å². The van der Waals surface area contributed by atoms with Crippen molar-refractivity contribution in [2.24, 2.45) is 0 Å². The molecule has 1 aromatic rings. The number of nitrogens with one attached hydrogen (secondary N) is 1. The lowest BCUT2D eigenvalue weighted by Gasteiger charge is -2.37. The number of thiophene rings is 1. The van der Waals surface area contributed by atoms with Crippen LogP contribution in [0.25, 0.3) is 0 Å². The molecule has 2 rings (SSSR count). The highest BCUT2D eigenvalue weighted by Crippen LogP contribution is 2.40. The molecule has 1 nitrogen and oxygen atoms in total. The van der Waals surface area contributed by atoms with Gasteiger partial charge in [0.05, 0.1) is 0 Å². The molecule has 0 aromatic carbocycles. The third-order valence-electron chi connectivity index (χ3n) is 3.74. The van der Waals surface area contributed by atoms with Gasteiger partial charge < -0.3 is 5.32 Å². The molecule has 0 amide bonds. The molecule has 0 spiro atoms. The summed E-state index contributed by atoms with van der Waals surface area (Å²) in [5.41, 5.74) is 0.460. The van der Waals surface area contributed by atoms with Crippen LogP contribution >= 0.6 is 11.3 Å². The fourth-order valence-electron chi connectivity index (χ4n) is 2.82. The molecule has 2 heteroatoms. The fraction of sp³-hybridized carbons (Fsp3) is 0.714. The van der Waals surface area contributed by atoms with E-state index in [1.165, 1.54) is 45.1 Å². The van der Waals surface area contributed by atoms with Crippen LogP contribution in [-0.4, -0.2) is 13.1 Å². The molecule has 1 heterocycles. The Kier molecular flexibility index (Phi) is 4.42. The maximum atomic E-state index is 3.64. The van der Waals surface area contributed by atoms with Gasteiger partial charge in [0.2, 0.25) is 0 Å². The molecule has 1 saturated carbocycles. The van der Waals surface area contributed by atoms with Gasteiger partial charge in [0, 0.05) is 16.8 Å². The van der Waals surface area contributed by atoms with Crippen LogP contribution in [0.1, 0.15) is 50.3 Å². The normalized spacial score (nSPS) is 19.8. The molecule has 0 atom stereocenters. The second kappa shape index (κ2) is 5.83. The second-order valence-corrected chi connectivity index (χ2v) is 5.94. The Balaban J connectivity index is 2.06. The number of hydrogen-bond acceptors (Lipinski definition) is 2. The second-order valence-electron chi connectivity index (χ2n) is 5.00. The molecule has 1 aliphatic rings. The lowest BCUT2D eigenvalue weighted by molar-refractivity contribution is 0.285. The third kappa shape index (κ3) is 2.67. The lowest BCUT2D eigenvalue weighted by Crippen LogP contribution is -2.39. The lowest BCUT2D eigenvalue weighted by atomic mass is 9.73. The minimum absolute atomic E-state index is 0.460. The van der Waals surface area contributed by atoms with Crippen LogP contribution in [-0.2, 0) is 5.41 Å². The molecule has 1 aliphatic carbocycles. The van der Waals surface area contributed by atoms with Crippen molar-refractivity contribution in [2.45, 2.75) is 50.9 Å². The largest absolute Gasteiger partial charge is 0.316 e. The summed E-state index contributed by atoms with van der Waals surface area (Å²) in [5.74, 6) is 0. The average molecular weight is 237 g/mol. The number of rotatable bonds is 5. The average Bonchev–Trinajstić information content (AvgIpc) is 2.85. The Morgan fingerprint density at radius 3 is 2.75 bits per heavy atom. The van der Waals surface area contributed by atoms with Gasteiger partial charge in [0.15, 0.2) is 0 Å². The highest BCUT2D eigenvalue weighted by atomic mass is 32.1. The first kappa shape index (κ1) is 12.1. The summed E-state index contributed by atoms with van der Waals surface area (Å²) >= 11 is 1.95. The third-order valence-corrected chi connectivity index (χ3v) is 4.86. The highest BCUT2D eigenvalue weighted by molar-refractivity contribution is 7.10. The topological polar surface area (TPSA) is 12.0 Å². The summed E-state index contributed by atoms with van der Waals surface area (Å²) < 4.78 is 0. The molecular weight excluding hydrogens is 214 g/mol. The Morgan fingerprint density at radius 1 is 1.31 bits per heavy atom. The van der Waals surface area contributed by atoms with E-state index >= 15 is 0 Å². The van der Waals surface area contributed by atoms with Crippen LogP contribution in [0.4, 0.5) is 0 Å². The van der Waals surface area contributed by atoms with E-state index in [9.17, 15) is 0 Å². The van der Waals surface area contributed by atoms with Gasteiger partial charge in [-0.15, -0.1) is 11.3 Å². The molecule has 0 radical (unpaired) electrons. The Labute approximate surface area is 103 Å². The van der Waals surface area contributed by atoms with Gasteiger partial charge in [-0.3, -0.25) is 0 Å². The summed E-state index contributed by atoms with van der Waals surface area (Å²) in [7, 11) is 0. The summed E-state index contributed by atoms with van der Waals surface area (Å²) in [6, 6.07) is 4.54. The van der Waals surface area contributed by atoms with E-state index in [0.29, 0.717) is 5.41 Å². The standard InChI is InChI=1S/C14H23NS/c1-2-10-15-12-14(8-4-3-5-9-14)13-7-6-11-16-13/h6-7,11,15H,2-5,8-10,12H2,1H3. The van der Waals surface area contributed by atoms with Crippen molar-refractivity contribution in [1.29, 1.82) is 0 Å². The molecule has 90 valence electrons. The smallest absolute Gasteiger partial charge is 0.0172 e. The summed E-state index contributed by atoms with van der Waals surface area (Å²) in [5, 5.41) is 5.87. The Morgan fingerprint density at radius 2 is 2.12 bits per heavy atom. The van der Waals surface area contributed by atoms with Gasteiger partial charge in [0.1, 0.15) is 0 Å². The fourth-order valence-corrected chi connectivity index (χ4v) is 3.81. The van der Waals surface area contributed by atoms with Gasteiger partial charge in [-0.05, 0) is 37.3 Å². The van der Waals surface area contributed by atoms with Crippen molar-refractivity contribution in [3.05, 3.63) is 22.4 Å². The number of hydrogen-bond donors (Lipinski definition) is 1. The Bertz CT molecular complexity index is 286. The van der Waals surface area contributed by atoms with E-state index in [0.717, 1.165) is 6.54 Å². The first-order chi connectivity index (χ1) is 7.87. The summed E-state index contributed by atoms with van der Waals surface area (Å²) in [6.07, 6.45) is 8.24. The minimum Gasteiger partial charge on any atom is -0.316 e. The molecule has 1 aromatic heterocycles. The van der Waals surface area contributed by atoms with Crippen molar-refractivity contribution in [3.63, 3.8) is 0 Å². The highest BCUT2D eigenvalue weighted by Gasteiger charge is 2.34. The maximum Gasteiger partial charge on any atom is 0.0172 e. The summed E-state index contributed by atoms with van der Waals surface area (Å²) in [6.45, 7) is 4.58. The Hall–Kier alpha value is -0.340. The monoisotopic (exact) mass is 237 g/mol. The molecule has 0 bridgehead atoms. The molecule has 0 aliphatic heterocycles. The van der Waals surface area contributed by atoms with Crippen LogP contribution in [0.5, 0.6) is 0 Å². The van der Waals surface area contributed by atoms with Crippen molar-refractivity contribution in [1.82, 2.24) is 5.32 Å². The van der Waals surface area contributed by atoms with E-state index < -0.39 is 0 Å². The predicted octanol–water partition coefficient (Wildman–Crippen LogP) is 3.95. The predicted molar refractivity (Wildman–Crippen MR) is 72.2 cm³/mol.